The number of Topliss-reactive ketones (excluding diaryl/α,β-unsaturated/α-hetero) is 3. The fourth-order valence-corrected chi connectivity index (χ4v) is 6.13. The lowest BCUT2D eigenvalue weighted by atomic mass is 9.64. The number of fused-ring (bicyclic) bond motifs is 5. The normalized spacial score (nSPS) is 24.1. The predicted octanol–water partition coefficient (Wildman–Crippen LogP) is 4.85. The molecule has 1 saturated heterocycles. The van der Waals surface area contributed by atoms with Crippen molar-refractivity contribution in [1.29, 1.82) is 0 Å². The van der Waals surface area contributed by atoms with E-state index < -0.39 is 23.4 Å². The van der Waals surface area contributed by atoms with Crippen LogP contribution in [0.2, 0.25) is 0 Å². The van der Waals surface area contributed by atoms with Crippen LogP contribution < -0.4 is 4.90 Å². The average Bonchev–Trinajstić information content (AvgIpc) is 3.26. The van der Waals surface area contributed by atoms with Gasteiger partial charge in [0.25, 0.3) is 0 Å². The lowest BCUT2D eigenvalue weighted by Crippen LogP contribution is -2.48. The summed E-state index contributed by atoms with van der Waals surface area (Å²) in [7, 11) is 0. The molecule has 6 rings (SSSR count). The van der Waals surface area contributed by atoms with E-state index in [2.05, 4.69) is 0 Å². The molecule has 0 N–H and O–H groups in total. The van der Waals surface area contributed by atoms with Crippen LogP contribution >= 0.6 is 0 Å². The molecule has 1 unspecified atom stereocenters. The van der Waals surface area contributed by atoms with Crippen LogP contribution in [0.15, 0.2) is 78.9 Å². The Balaban J connectivity index is 1.68. The molecule has 0 bridgehead atoms. The van der Waals surface area contributed by atoms with Crippen LogP contribution in [0.3, 0.4) is 0 Å². The molecule has 1 spiro atoms. The second-order valence-electron chi connectivity index (χ2n) is 8.93. The number of carbonyl (C=O) groups is 3. The monoisotopic (exact) mass is 437 g/mol. The van der Waals surface area contributed by atoms with Crippen LogP contribution in [0.4, 0.5) is 10.1 Å². The van der Waals surface area contributed by atoms with Crippen molar-refractivity contribution in [2.24, 2.45) is 5.41 Å². The molecule has 2 aliphatic heterocycles. The van der Waals surface area contributed by atoms with E-state index in [1.54, 1.807) is 42.5 Å². The van der Waals surface area contributed by atoms with Crippen LogP contribution in [0.5, 0.6) is 0 Å². The number of rotatable bonds is 2. The van der Waals surface area contributed by atoms with Crippen LogP contribution in [0, 0.1) is 11.2 Å². The fraction of sp³-hybridized carbons (Fsp3) is 0.179. The van der Waals surface area contributed by atoms with Crippen molar-refractivity contribution in [3.05, 3.63) is 107 Å². The summed E-state index contributed by atoms with van der Waals surface area (Å²) in [6.45, 7) is 1.50. The van der Waals surface area contributed by atoms with Gasteiger partial charge in [0.2, 0.25) is 0 Å². The molecular formula is C28H20FNO3. The van der Waals surface area contributed by atoms with Crippen molar-refractivity contribution < 1.29 is 18.8 Å². The summed E-state index contributed by atoms with van der Waals surface area (Å²) in [4.78, 5) is 43.4. The Morgan fingerprint density at radius 2 is 1.55 bits per heavy atom. The lowest BCUT2D eigenvalue weighted by Gasteiger charge is -2.37. The van der Waals surface area contributed by atoms with Crippen LogP contribution in [0.1, 0.15) is 44.7 Å². The number of hydrogen-bond acceptors (Lipinski definition) is 4. The number of halogens is 1. The van der Waals surface area contributed by atoms with E-state index in [0.717, 1.165) is 5.56 Å². The highest BCUT2D eigenvalue weighted by atomic mass is 19.1. The summed E-state index contributed by atoms with van der Waals surface area (Å²) in [5, 5.41) is 0. The minimum Gasteiger partial charge on any atom is -0.352 e. The first kappa shape index (κ1) is 19.8. The van der Waals surface area contributed by atoms with E-state index in [-0.39, 0.29) is 23.2 Å². The zero-order chi connectivity index (χ0) is 22.9. The van der Waals surface area contributed by atoms with Crippen molar-refractivity contribution in [3.8, 4) is 0 Å². The van der Waals surface area contributed by atoms with Crippen molar-refractivity contribution in [2.45, 2.75) is 24.9 Å². The van der Waals surface area contributed by atoms with Gasteiger partial charge in [0.05, 0.1) is 12.1 Å². The highest BCUT2D eigenvalue weighted by Crippen LogP contribution is 2.60. The summed E-state index contributed by atoms with van der Waals surface area (Å²) in [5.41, 5.74) is 1.34. The zero-order valence-corrected chi connectivity index (χ0v) is 17.9. The van der Waals surface area contributed by atoms with Gasteiger partial charge in [-0.15, -0.1) is 0 Å². The van der Waals surface area contributed by atoms with E-state index in [4.69, 9.17) is 0 Å². The molecular weight excluding hydrogens is 417 g/mol. The van der Waals surface area contributed by atoms with Crippen LogP contribution in [0.25, 0.3) is 6.08 Å². The van der Waals surface area contributed by atoms with Gasteiger partial charge in [0.15, 0.2) is 17.3 Å². The zero-order valence-electron chi connectivity index (χ0n) is 17.9. The third-order valence-electron chi connectivity index (χ3n) is 7.34. The van der Waals surface area contributed by atoms with Gasteiger partial charge in [-0.2, -0.15) is 0 Å². The van der Waals surface area contributed by atoms with Gasteiger partial charge in [0.1, 0.15) is 11.2 Å². The number of hydrogen-bond donors (Lipinski definition) is 0. The Hall–Kier alpha value is -3.86. The molecule has 2 heterocycles. The van der Waals surface area contributed by atoms with E-state index in [1.165, 1.54) is 19.1 Å². The van der Waals surface area contributed by atoms with Crippen LogP contribution in [-0.2, 0) is 4.79 Å². The molecule has 0 radical (unpaired) electrons. The minimum absolute atomic E-state index is 0.146. The first-order valence-corrected chi connectivity index (χ1v) is 11.0. The highest BCUT2D eigenvalue weighted by Gasteiger charge is 2.71. The molecule has 5 heteroatoms. The van der Waals surface area contributed by atoms with Crippen molar-refractivity contribution in [2.75, 3.05) is 4.90 Å². The number of benzene rings is 3. The summed E-state index contributed by atoms with van der Waals surface area (Å²) in [6, 6.07) is 19.2. The van der Waals surface area contributed by atoms with E-state index in [1.807, 2.05) is 35.2 Å². The smallest absolute Gasteiger partial charge is 0.180 e. The molecule has 3 aromatic carbocycles. The third kappa shape index (κ3) is 2.42. The van der Waals surface area contributed by atoms with Crippen molar-refractivity contribution in [3.63, 3.8) is 0 Å². The number of carbonyl (C=O) groups excluding carboxylic acids is 3. The standard InChI is InChI=1S/C28H20FNO3/c1-16(31)25-24(17-7-3-2-4-8-17)28(26(32)20-9-5-6-10-21(20)27(28)33)23-14-11-18-15-19(29)12-13-22(18)30(23)25/h2-15,23-25H,1H3/t23?,24-,25-/m0/s1. The quantitative estimate of drug-likeness (QED) is 0.538. The van der Waals surface area contributed by atoms with Gasteiger partial charge >= 0.3 is 0 Å². The molecule has 1 aliphatic carbocycles. The molecule has 0 amide bonds. The SMILES string of the molecule is CC(=O)[C@H]1[C@H](c2ccccc2)C2(C(=O)c3ccccc3C2=O)C2C=Cc3cc(F)ccc3N21. The molecule has 0 aromatic heterocycles. The Kier molecular flexibility index (Phi) is 4.09. The van der Waals surface area contributed by atoms with Gasteiger partial charge in [-0.3, -0.25) is 14.4 Å². The number of nitrogens with zero attached hydrogens (tertiary/aromatic N) is 1. The topological polar surface area (TPSA) is 54.5 Å². The second kappa shape index (κ2) is 6.82. The number of ketones is 3. The van der Waals surface area contributed by atoms with Gasteiger partial charge in [0, 0.05) is 28.3 Å². The Labute approximate surface area is 190 Å². The molecule has 3 aliphatic rings. The molecule has 4 nitrogen and oxygen atoms in total. The highest BCUT2D eigenvalue weighted by molar-refractivity contribution is 6.32. The van der Waals surface area contributed by atoms with Gasteiger partial charge in [-0.05, 0) is 30.7 Å². The van der Waals surface area contributed by atoms with E-state index >= 15 is 0 Å². The lowest BCUT2D eigenvalue weighted by molar-refractivity contribution is -0.118. The predicted molar refractivity (Wildman–Crippen MR) is 123 cm³/mol. The van der Waals surface area contributed by atoms with Gasteiger partial charge < -0.3 is 4.90 Å². The Morgan fingerprint density at radius 3 is 2.18 bits per heavy atom. The Morgan fingerprint density at radius 1 is 0.909 bits per heavy atom. The molecule has 3 aromatic rings. The third-order valence-corrected chi connectivity index (χ3v) is 7.34. The molecule has 3 atom stereocenters. The van der Waals surface area contributed by atoms with Crippen LogP contribution in [-0.4, -0.2) is 29.4 Å². The molecule has 1 fully saturated rings. The van der Waals surface area contributed by atoms with Gasteiger partial charge in [-0.1, -0.05) is 66.7 Å². The molecule has 162 valence electrons. The summed E-state index contributed by atoms with van der Waals surface area (Å²) >= 11 is 0. The first-order chi connectivity index (χ1) is 16.0. The summed E-state index contributed by atoms with van der Waals surface area (Å²) in [5.74, 6) is -1.73. The first-order valence-electron chi connectivity index (χ1n) is 11.0. The van der Waals surface area contributed by atoms with Crippen molar-refractivity contribution in [1.82, 2.24) is 0 Å². The maximum atomic E-state index is 14.2. The largest absolute Gasteiger partial charge is 0.352 e. The number of anilines is 1. The fourth-order valence-electron chi connectivity index (χ4n) is 6.13. The maximum Gasteiger partial charge on any atom is 0.180 e. The molecule has 0 saturated carbocycles. The van der Waals surface area contributed by atoms with Gasteiger partial charge in [-0.25, -0.2) is 4.39 Å². The Bertz CT molecular complexity index is 1340. The van der Waals surface area contributed by atoms with E-state index in [9.17, 15) is 18.8 Å². The summed E-state index contributed by atoms with van der Waals surface area (Å²) in [6.07, 6.45) is 3.55. The maximum absolute atomic E-state index is 14.2. The second-order valence-corrected chi connectivity index (χ2v) is 8.93. The molecule has 33 heavy (non-hydrogen) atoms. The summed E-state index contributed by atoms with van der Waals surface area (Å²) < 4.78 is 14.0. The van der Waals surface area contributed by atoms with E-state index in [0.29, 0.717) is 22.4 Å². The average molecular weight is 437 g/mol. The van der Waals surface area contributed by atoms with Crippen molar-refractivity contribution >= 4 is 29.1 Å². The minimum atomic E-state index is -1.48.